The predicted molar refractivity (Wildman–Crippen MR) is 110 cm³/mol. The lowest BCUT2D eigenvalue weighted by molar-refractivity contribution is -0.143. The molecule has 0 spiro atoms. The molecule has 0 saturated heterocycles. The highest BCUT2D eigenvalue weighted by Gasteiger charge is 2.41. The van der Waals surface area contributed by atoms with Crippen LogP contribution in [0.5, 0.6) is 0 Å². The number of hydrogen-bond acceptors (Lipinski definition) is 4. The third-order valence-electron chi connectivity index (χ3n) is 4.46. The average Bonchev–Trinajstić information content (AvgIpc) is 3.14. The van der Waals surface area contributed by atoms with Gasteiger partial charge in [0.25, 0.3) is 5.91 Å². The molecule has 1 amide bonds. The van der Waals surface area contributed by atoms with Crippen LogP contribution in [0.2, 0.25) is 5.02 Å². The zero-order valence-corrected chi connectivity index (χ0v) is 18.0. The number of sulfone groups is 1. The van der Waals surface area contributed by atoms with Crippen molar-refractivity contribution in [3.63, 3.8) is 0 Å². The monoisotopic (exact) mass is 471 g/mol. The molecule has 11 heteroatoms. The molecule has 0 aliphatic carbocycles. The quantitative estimate of drug-likeness (QED) is 0.544. The first-order valence-electron chi connectivity index (χ1n) is 8.96. The number of alkyl halides is 3. The van der Waals surface area contributed by atoms with E-state index < -0.39 is 33.2 Å². The van der Waals surface area contributed by atoms with E-state index in [0.717, 1.165) is 17.4 Å². The molecule has 0 bridgehead atoms. The van der Waals surface area contributed by atoms with Crippen molar-refractivity contribution in [2.45, 2.75) is 18.0 Å². The summed E-state index contributed by atoms with van der Waals surface area (Å²) >= 11 is 5.80. The van der Waals surface area contributed by atoms with Crippen molar-refractivity contribution in [1.29, 1.82) is 0 Å². The third kappa shape index (κ3) is 4.75. The molecule has 0 fully saturated rings. The maximum Gasteiger partial charge on any atom is 0.434 e. The number of hydrogen-bond donors (Lipinski definition) is 0. The van der Waals surface area contributed by atoms with E-state index in [1.54, 1.807) is 6.92 Å². The fourth-order valence-corrected chi connectivity index (χ4v) is 3.81. The molecule has 0 N–H and O–H groups in total. The number of carbonyl (C=O) groups is 1. The summed E-state index contributed by atoms with van der Waals surface area (Å²) in [4.78, 5) is 14.1. The van der Waals surface area contributed by atoms with Gasteiger partial charge in [0.05, 0.1) is 22.3 Å². The van der Waals surface area contributed by atoms with Crippen LogP contribution >= 0.6 is 11.6 Å². The Morgan fingerprint density at radius 1 is 1.16 bits per heavy atom. The first-order valence-corrected chi connectivity index (χ1v) is 11.2. The molecule has 0 aliphatic rings. The Balaban J connectivity index is 2.11. The summed E-state index contributed by atoms with van der Waals surface area (Å²) in [5, 5.41) is 4.12. The van der Waals surface area contributed by atoms with E-state index in [1.807, 2.05) is 0 Å². The van der Waals surface area contributed by atoms with E-state index in [-0.39, 0.29) is 22.8 Å². The lowest BCUT2D eigenvalue weighted by Gasteiger charge is -2.22. The molecular weight excluding hydrogens is 455 g/mol. The van der Waals surface area contributed by atoms with Crippen LogP contribution in [0.3, 0.4) is 0 Å². The summed E-state index contributed by atoms with van der Waals surface area (Å²) in [6.07, 6.45) is -3.03. The SMILES string of the molecule is CCN(C(=O)c1cnn(-c2ccc(Cl)cc2)c1C(F)(F)F)c1cccc(S(C)(=O)=O)c1. The van der Waals surface area contributed by atoms with Crippen LogP contribution in [-0.4, -0.2) is 36.9 Å². The third-order valence-corrected chi connectivity index (χ3v) is 5.82. The highest BCUT2D eigenvalue weighted by Crippen LogP contribution is 2.35. The standard InChI is InChI=1S/C20H17ClF3N3O3S/c1-3-26(15-5-4-6-16(11-15)31(2,29)30)19(28)17-12-25-27(18(17)20(22,23)24)14-9-7-13(21)8-10-14/h4-12H,3H2,1-2H3. The molecule has 31 heavy (non-hydrogen) atoms. The number of halogens is 4. The van der Waals surface area contributed by atoms with Crippen molar-refractivity contribution >= 4 is 33.0 Å². The second-order valence-corrected chi connectivity index (χ2v) is 9.06. The van der Waals surface area contributed by atoms with Gasteiger partial charge in [-0.25, -0.2) is 13.1 Å². The van der Waals surface area contributed by atoms with Gasteiger partial charge in [-0.15, -0.1) is 0 Å². The Hall–Kier alpha value is -2.85. The Labute approximate surface area is 181 Å². The summed E-state index contributed by atoms with van der Waals surface area (Å²) in [7, 11) is -3.57. The van der Waals surface area contributed by atoms with Crippen molar-refractivity contribution in [3.05, 3.63) is 71.0 Å². The molecule has 0 radical (unpaired) electrons. The normalized spacial score (nSPS) is 12.1. The molecule has 1 aromatic heterocycles. The first-order chi connectivity index (χ1) is 14.4. The van der Waals surface area contributed by atoms with Gasteiger partial charge in [-0.2, -0.15) is 18.3 Å². The van der Waals surface area contributed by atoms with E-state index in [0.29, 0.717) is 9.70 Å². The molecule has 0 unspecified atom stereocenters. The van der Waals surface area contributed by atoms with Gasteiger partial charge in [-0.05, 0) is 49.4 Å². The summed E-state index contributed by atoms with van der Waals surface area (Å²) in [5.41, 5.74) is -1.66. The summed E-state index contributed by atoms with van der Waals surface area (Å²) in [5.74, 6) is -0.958. The van der Waals surface area contributed by atoms with Gasteiger partial charge >= 0.3 is 6.18 Å². The minimum Gasteiger partial charge on any atom is -0.308 e. The van der Waals surface area contributed by atoms with Gasteiger partial charge < -0.3 is 4.90 Å². The fraction of sp³-hybridized carbons (Fsp3) is 0.200. The number of carbonyl (C=O) groups excluding carboxylic acids is 1. The zero-order valence-electron chi connectivity index (χ0n) is 16.4. The largest absolute Gasteiger partial charge is 0.434 e. The summed E-state index contributed by atoms with van der Waals surface area (Å²) < 4.78 is 66.1. The van der Waals surface area contributed by atoms with Crippen molar-refractivity contribution in [3.8, 4) is 5.69 Å². The molecule has 164 valence electrons. The van der Waals surface area contributed by atoms with Crippen LogP contribution in [-0.2, 0) is 16.0 Å². The molecule has 3 aromatic rings. The molecule has 6 nitrogen and oxygen atoms in total. The van der Waals surface area contributed by atoms with Crippen molar-refractivity contribution in [2.75, 3.05) is 17.7 Å². The van der Waals surface area contributed by atoms with Crippen LogP contribution in [0.4, 0.5) is 18.9 Å². The first kappa shape index (κ1) is 22.8. The van der Waals surface area contributed by atoms with Gasteiger partial charge in [0, 0.05) is 23.5 Å². The maximum absolute atomic E-state index is 13.9. The number of aromatic nitrogens is 2. The number of nitrogens with zero attached hydrogens (tertiary/aromatic N) is 3. The van der Waals surface area contributed by atoms with Crippen LogP contribution in [0.25, 0.3) is 5.69 Å². The number of anilines is 1. The lowest BCUT2D eigenvalue weighted by Crippen LogP contribution is -2.32. The highest BCUT2D eigenvalue weighted by atomic mass is 35.5. The molecule has 0 aliphatic heterocycles. The summed E-state index contributed by atoms with van der Waals surface area (Å²) in [6.45, 7) is 1.58. The highest BCUT2D eigenvalue weighted by molar-refractivity contribution is 7.90. The number of amides is 1. The van der Waals surface area contributed by atoms with Crippen molar-refractivity contribution in [1.82, 2.24) is 9.78 Å². The fourth-order valence-electron chi connectivity index (χ4n) is 3.03. The molecular formula is C20H17ClF3N3O3S. The van der Waals surface area contributed by atoms with Crippen LogP contribution < -0.4 is 4.90 Å². The molecule has 0 saturated carbocycles. The Kier molecular flexibility index (Phi) is 6.15. The van der Waals surface area contributed by atoms with Crippen LogP contribution in [0, 0.1) is 0 Å². The van der Waals surface area contributed by atoms with Gasteiger partial charge in [-0.3, -0.25) is 4.79 Å². The molecule has 3 rings (SSSR count). The van der Waals surface area contributed by atoms with Crippen LogP contribution in [0.15, 0.2) is 59.6 Å². The second kappa shape index (κ2) is 8.35. The smallest absolute Gasteiger partial charge is 0.308 e. The topological polar surface area (TPSA) is 72.3 Å². The minimum absolute atomic E-state index is 0.00940. The van der Waals surface area contributed by atoms with E-state index in [1.165, 1.54) is 48.5 Å². The van der Waals surface area contributed by atoms with Gasteiger partial charge in [-0.1, -0.05) is 17.7 Å². The van der Waals surface area contributed by atoms with Gasteiger partial charge in [0.1, 0.15) is 0 Å². The summed E-state index contributed by atoms with van der Waals surface area (Å²) in [6, 6.07) is 11.0. The van der Waals surface area contributed by atoms with Crippen molar-refractivity contribution < 1.29 is 26.4 Å². The van der Waals surface area contributed by atoms with E-state index >= 15 is 0 Å². The Morgan fingerprint density at radius 2 is 1.81 bits per heavy atom. The average molecular weight is 472 g/mol. The molecule has 0 atom stereocenters. The minimum atomic E-state index is -4.88. The van der Waals surface area contributed by atoms with Gasteiger partial charge in [0.2, 0.25) is 0 Å². The molecule has 1 heterocycles. The van der Waals surface area contributed by atoms with E-state index in [2.05, 4.69) is 5.10 Å². The number of benzene rings is 2. The second-order valence-electron chi connectivity index (χ2n) is 6.61. The maximum atomic E-state index is 13.9. The Bertz CT molecular complexity index is 1220. The van der Waals surface area contributed by atoms with Crippen molar-refractivity contribution in [2.24, 2.45) is 0 Å². The zero-order chi connectivity index (χ0) is 23.0. The van der Waals surface area contributed by atoms with E-state index in [4.69, 9.17) is 11.6 Å². The predicted octanol–water partition coefficient (Wildman–Crippen LogP) is 4.61. The Morgan fingerprint density at radius 3 is 2.35 bits per heavy atom. The van der Waals surface area contributed by atoms with Crippen LogP contribution in [0.1, 0.15) is 23.0 Å². The molecule has 2 aromatic carbocycles. The number of rotatable bonds is 5. The van der Waals surface area contributed by atoms with Gasteiger partial charge in [0.15, 0.2) is 15.5 Å². The lowest BCUT2D eigenvalue weighted by atomic mass is 10.1. The van der Waals surface area contributed by atoms with E-state index in [9.17, 15) is 26.4 Å².